The highest BCUT2D eigenvalue weighted by Gasteiger charge is 2.29. The molecule has 0 aliphatic heterocycles. The van der Waals surface area contributed by atoms with Gasteiger partial charge in [-0.3, -0.25) is 9.59 Å². The predicted molar refractivity (Wildman–Crippen MR) is 141 cm³/mol. The number of fused-ring (bicyclic) bond motifs is 3. The van der Waals surface area contributed by atoms with Crippen molar-refractivity contribution in [3.63, 3.8) is 0 Å². The van der Waals surface area contributed by atoms with Crippen molar-refractivity contribution in [2.75, 3.05) is 33.2 Å². The smallest absolute Gasteiger partial charge is 0.217 e. The van der Waals surface area contributed by atoms with Crippen LogP contribution in [0.3, 0.4) is 0 Å². The number of aryl methyl sites for hydroxylation is 1. The van der Waals surface area contributed by atoms with Gasteiger partial charge in [0.05, 0.1) is 33.1 Å². The Morgan fingerprint density at radius 2 is 1.81 bits per heavy atom. The number of ether oxygens (including phenoxy) is 3. The summed E-state index contributed by atoms with van der Waals surface area (Å²) in [6, 6.07) is 13.1. The topological polar surface area (TPSA) is 85.9 Å². The minimum absolute atomic E-state index is 0.184. The van der Waals surface area contributed by atoms with Gasteiger partial charge in [0.1, 0.15) is 5.82 Å². The van der Waals surface area contributed by atoms with E-state index < -0.39 is 0 Å². The Morgan fingerprint density at radius 3 is 2.49 bits per heavy atom. The molecule has 0 saturated carbocycles. The van der Waals surface area contributed by atoms with Crippen LogP contribution in [-0.2, 0) is 17.6 Å². The summed E-state index contributed by atoms with van der Waals surface area (Å²) in [5, 5.41) is 6.19. The lowest BCUT2D eigenvalue weighted by Crippen LogP contribution is -2.26. The minimum Gasteiger partial charge on any atom is -0.493 e. The van der Waals surface area contributed by atoms with Gasteiger partial charge in [0, 0.05) is 19.0 Å². The first-order valence-corrected chi connectivity index (χ1v) is 12.1. The number of hydrogen-bond acceptors (Lipinski definition) is 6. The van der Waals surface area contributed by atoms with Gasteiger partial charge in [0.25, 0.3) is 0 Å². The number of carbonyl (C=O) groups excluding carboxylic acids is 1. The van der Waals surface area contributed by atoms with E-state index in [9.17, 15) is 14.0 Å². The van der Waals surface area contributed by atoms with Crippen LogP contribution >= 0.6 is 0 Å². The van der Waals surface area contributed by atoms with Gasteiger partial charge in [-0.1, -0.05) is 18.2 Å². The van der Waals surface area contributed by atoms with Crippen LogP contribution in [-0.4, -0.2) is 33.8 Å². The Hall–Kier alpha value is -4.07. The van der Waals surface area contributed by atoms with Crippen LogP contribution < -0.4 is 30.3 Å². The normalized spacial score (nSPS) is 14.0. The highest BCUT2D eigenvalue weighted by Crippen LogP contribution is 2.50. The van der Waals surface area contributed by atoms with Crippen molar-refractivity contribution in [3.05, 3.63) is 81.3 Å². The van der Waals surface area contributed by atoms with E-state index in [4.69, 9.17) is 14.2 Å². The fraction of sp³-hybridized carbons (Fsp3) is 0.310. The van der Waals surface area contributed by atoms with Crippen molar-refractivity contribution in [1.29, 1.82) is 0 Å². The number of hydrogen-bond donors (Lipinski definition) is 2. The number of rotatable bonds is 8. The third-order valence-corrected chi connectivity index (χ3v) is 6.53. The van der Waals surface area contributed by atoms with Crippen LogP contribution in [0.4, 0.5) is 10.1 Å². The molecule has 8 heteroatoms. The standard InChI is InChI=1S/C29H31FN2O5/c1-17(33)32-23-10-8-19-15-26(35-2)28(36-3)29(37-4)27(19)21-9-11-24(25(34)16-22(21)23)31-13-12-18-6-5-7-20(30)14-18/h5-7,9,11,14-16,23H,8,10,12-13H2,1-4H3,(H,31,34)(H,32,33)/t23-/m0/s1. The lowest BCUT2D eigenvalue weighted by molar-refractivity contribution is -0.119. The quantitative estimate of drug-likeness (QED) is 0.462. The van der Waals surface area contributed by atoms with E-state index >= 15 is 0 Å². The van der Waals surface area contributed by atoms with Gasteiger partial charge < -0.3 is 24.8 Å². The second-order valence-corrected chi connectivity index (χ2v) is 8.90. The van der Waals surface area contributed by atoms with E-state index in [-0.39, 0.29) is 23.2 Å². The summed E-state index contributed by atoms with van der Waals surface area (Å²) in [6.45, 7) is 1.91. The largest absolute Gasteiger partial charge is 0.493 e. The van der Waals surface area contributed by atoms with Gasteiger partial charge >= 0.3 is 0 Å². The van der Waals surface area contributed by atoms with Gasteiger partial charge in [-0.05, 0) is 71.8 Å². The summed E-state index contributed by atoms with van der Waals surface area (Å²) >= 11 is 0. The van der Waals surface area contributed by atoms with Gasteiger partial charge in [0.15, 0.2) is 11.5 Å². The Morgan fingerprint density at radius 1 is 1.03 bits per heavy atom. The first-order valence-electron chi connectivity index (χ1n) is 12.1. The van der Waals surface area contributed by atoms with Crippen molar-refractivity contribution < 1.29 is 23.4 Å². The summed E-state index contributed by atoms with van der Waals surface area (Å²) in [5.41, 5.74) is 4.25. The van der Waals surface area contributed by atoms with Crippen LogP contribution in [0.2, 0.25) is 0 Å². The molecule has 1 amide bonds. The number of nitrogens with one attached hydrogen (secondary N) is 2. The van der Waals surface area contributed by atoms with E-state index in [1.54, 1.807) is 39.5 Å². The molecule has 0 aromatic heterocycles. The zero-order valence-corrected chi connectivity index (χ0v) is 21.4. The molecule has 0 bridgehead atoms. The maximum absolute atomic E-state index is 13.5. The SMILES string of the molecule is COc1cc2c(c(OC)c1OC)-c1ccc(NCCc3cccc(F)c3)c(=O)cc1[C@@H](NC(C)=O)CC2. The molecule has 7 nitrogen and oxygen atoms in total. The number of amides is 1. The summed E-state index contributed by atoms with van der Waals surface area (Å²) < 4.78 is 30.5. The molecular weight excluding hydrogens is 475 g/mol. The number of anilines is 1. The average molecular weight is 507 g/mol. The van der Waals surface area contributed by atoms with Crippen molar-refractivity contribution in [2.24, 2.45) is 0 Å². The third kappa shape index (κ3) is 5.53. The van der Waals surface area contributed by atoms with E-state index in [1.807, 2.05) is 18.2 Å². The molecule has 1 aliphatic rings. The zero-order valence-electron chi connectivity index (χ0n) is 21.4. The molecule has 0 saturated heterocycles. The second-order valence-electron chi connectivity index (χ2n) is 8.90. The van der Waals surface area contributed by atoms with Crippen LogP contribution in [0, 0.1) is 5.82 Å². The van der Waals surface area contributed by atoms with Gasteiger partial charge in [-0.25, -0.2) is 4.39 Å². The van der Waals surface area contributed by atoms with E-state index in [1.165, 1.54) is 19.1 Å². The van der Waals surface area contributed by atoms with Crippen molar-refractivity contribution in [2.45, 2.75) is 32.2 Å². The molecule has 0 fully saturated rings. The molecule has 37 heavy (non-hydrogen) atoms. The van der Waals surface area contributed by atoms with E-state index in [2.05, 4.69) is 10.6 Å². The van der Waals surface area contributed by atoms with Crippen LogP contribution in [0.15, 0.2) is 53.3 Å². The molecule has 2 N–H and O–H groups in total. The van der Waals surface area contributed by atoms with Crippen LogP contribution in [0.5, 0.6) is 17.2 Å². The Labute approximate surface area is 215 Å². The highest BCUT2D eigenvalue weighted by molar-refractivity contribution is 5.83. The fourth-order valence-electron chi connectivity index (χ4n) is 4.89. The molecule has 0 unspecified atom stereocenters. The van der Waals surface area contributed by atoms with Gasteiger partial charge in [0.2, 0.25) is 17.1 Å². The summed E-state index contributed by atoms with van der Waals surface area (Å²) in [6.07, 6.45) is 1.77. The average Bonchev–Trinajstić information content (AvgIpc) is 3.11. The zero-order chi connectivity index (χ0) is 26.5. The summed E-state index contributed by atoms with van der Waals surface area (Å²) in [7, 11) is 4.68. The van der Waals surface area contributed by atoms with Crippen molar-refractivity contribution in [3.8, 4) is 28.4 Å². The lowest BCUT2D eigenvalue weighted by Gasteiger charge is -2.19. The maximum atomic E-state index is 13.5. The second kappa shape index (κ2) is 11.3. The monoisotopic (exact) mass is 506 g/mol. The van der Waals surface area contributed by atoms with Crippen LogP contribution in [0.1, 0.15) is 36.1 Å². The maximum Gasteiger partial charge on any atom is 0.217 e. The molecule has 1 aliphatic carbocycles. The molecule has 3 aromatic rings. The Kier molecular flexibility index (Phi) is 7.96. The number of methoxy groups -OCH3 is 3. The van der Waals surface area contributed by atoms with Gasteiger partial charge in [-0.15, -0.1) is 0 Å². The van der Waals surface area contributed by atoms with Crippen molar-refractivity contribution in [1.82, 2.24) is 5.32 Å². The van der Waals surface area contributed by atoms with Crippen molar-refractivity contribution >= 4 is 11.6 Å². The first kappa shape index (κ1) is 26.0. The highest BCUT2D eigenvalue weighted by atomic mass is 19.1. The fourth-order valence-corrected chi connectivity index (χ4v) is 4.89. The Balaban J connectivity index is 1.82. The Bertz CT molecular complexity index is 1380. The van der Waals surface area contributed by atoms with E-state index in [0.717, 1.165) is 22.3 Å². The lowest BCUT2D eigenvalue weighted by atomic mass is 9.95. The summed E-state index contributed by atoms with van der Waals surface area (Å²) in [4.78, 5) is 25.4. The summed E-state index contributed by atoms with van der Waals surface area (Å²) in [5.74, 6) is 1.02. The van der Waals surface area contributed by atoms with Crippen LogP contribution in [0.25, 0.3) is 11.1 Å². The number of benzene rings is 2. The third-order valence-electron chi connectivity index (χ3n) is 6.53. The van der Waals surface area contributed by atoms with E-state index in [0.29, 0.717) is 54.3 Å². The molecular formula is C29H31FN2O5. The molecule has 0 heterocycles. The molecule has 1 atom stereocenters. The van der Waals surface area contributed by atoms with Gasteiger partial charge in [-0.2, -0.15) is 0 Å². The number of carbonyl (C=O) groups is 1. The molecule has 4 rings (SSSR count). The minimum atomic E-state index is -0.373. The molecule has 0 radical (unpaired) electrons. The predicted octanol–water partition coefficient (Wildman–Crippen LogP) is 4.66. The molecule has 3 aromatic carbocycles. The first-order chi connectivity index (χ1) is 17.9. The number of halogens is 1. The molecule has 0 spiro atoms. The molecule has 194 valence electrons.